The van der Waals surface area contributed by atoms with Gasteiger partial charge in [-0.3, -0.25) is 14.4 Å². The molecule has 0 saturated carbocycles. The Morgan fingerprint density at radius 3 is 2.23 bits per heavy atom. The van der Waals surface area contributed by atoms with Crippen molar-refractivity contribution < 1.29 is 19.1 Å². The molecular formula is C20H34N2O4. The molecule has 148 valence electrons. The topological polar surface area (TPSA) is 66.9 Å². The molecule has 2 saturated heterocycles. The average molecular weight is 367 g/mol. The van der Waals surface area contributed by atoms with Crippen LogP contribution in [0.4, 0.5) is 0 Å². The lowest BCUT2D eigenvalue weighted by atomic mass is 9.91. The Hall–Kier alpha value is -1.59. The van der Waals surface area contributed by atoms with E-state index < -0.39 is 5.41 Å². The zero-order valence-corrected chi connectivity index (χ0v) is 16.8. The highest BCUT2D eigenvalue weighted by Crippen LogP contribution is 2.24. The van der Waals surface area contributed by atoms with Crippen molar-refractivity contribution in [2.24, 2.45) is 11.3 Å². The highest BCUT2D eigenvalue weighted by Gasteiger charge is 2.33. The number of hydrogen-bond donors (Lipinski definition) is 0. The van der Waals surface area contributed by atoms with Crippen molar-refractivity contribution in [2.45, 2.75) is 72.3 Å². The zero-order chi connectivity index (χ0) is 19.3. The number of amides is 2. The number of rotatable bonds is 4. The highest BCUT2D eigenvalue weighted by molar-refractivity contribution is 5.83. The number of carbonyl (C=O) groups is 3. The standard InChI is InChI=1S/C20H34N2O4/c1-5-16-8-6-7-11-22(16)17(23)14-26-18(24)15-9-12-21(13-10-15)19(25)20(2,3)4/h15-16H,5-14H2,1-4H3. The molecule has 26 heavy (non-hydrogen) atoms. The van der Waals surface area contributed by atoms with E-state index in [1.807, 2.05) is 30.6 Å². The van der Waals surface area contributed by atoms with Gasteiger partial charge in [0.2, 0.25) is 5.91 Å². The molecule has 1 unspecified atom stereocenters. The first kappa shape index (κ1) is 20.7. The molecule has 0 radical (unpaired) electrons. The predicted octanol–water partition coefficient (Wildman–Crippen LogP) is 2.61. The first-order valence-corrected chi connectivity index (χ1v) is 9.99. The van der Waals surface area contributed by atoms with Crippen LogP contribution in [0.25, 0.3) is 0 Å². The molecular weight excluding hydrogens is 332 g/mol. The molecule has 6 nitrogen and oxygen atoms in total. The number of hydrogen-bond acceptors (Lipinski definition) is 4. The summed E-state index contributed by atoms with van der Waals surface area (Å²) in [7, 11) is 0. The Morgan fingerprint density at radius 1 is 1.00 bits per heavy atom. The average Bonchev–Trinajstić information content (AvgIpc) is 2.64. The molecule has 2 amide bonds. The first-order valence-electron chi connectivity index (χ1n) is 9.99. The minimum Gasteiger partial charge on any atom is -0.455 e. The summed E-state index contributed by atoms with van der Waals surface area (Å²) in [5, 5.41) is 0. The third-order valence-electron chi connectivity index (χ3n) is 5.51. The Morgan fingerprint density at radius 2 is 1.65 bits per heavy atom. The molecule has 2 aliphatic heterocycles. The SMILES string of the molecule is CCC1CCCCN1C(=O)COC(=O)C1CCN(C(=O)C(C)(C)C)CC1. The van der Waals surface area contributed by atoms with Gasteiger partial charge < -0.3 is 14.5 Å². The van der Waals surface area contributed by atoms with E-state index in [0.717, 1.165) is 32.2 Å². The molecule has 1 atom stereocenters. The maximum absolute atomic E-state index is 12.4. The van der Waals surface area contributed by atoms with Crippen LogP contribution in [0.15, 0.2) is 0 Å². The summed E-state index contributed by atoms with van der Waals surface area (Å²) in [5.74, 6) is -0.471. The molecule has 0 bridgehead atoms. The van der Waals surface area contributed by atoms with Gasteiger partial charge in [0, 0.05) is 31.1 Å². The lowest BCUT2D eigenvalue weighted by molar-refractivity contribution is -0.159. The Kier molecular flexibility index (Phi) is 7.07. The van der Waals surface area contributed by atoms with Gasteiger partial charge in [-0.1, -0.05) is 27.7 Å². The van der Waals surface area contributed by atoms with E-state index in [9.17, 15) is 14.4 Å². The van der Waals surface area contributed by atoms with Crippen molar-refractivity contribution in [3.05, 3.63) is 0 Å². The van der Waals surface area contributed by atoms with Crippen molar-refractivity contribution in [3.8, 4) is 0 Å². The van der Waals surface area contributed by atoms with Gasteiger partial charge >= 0.3 is 5.97 Å². The summed E-state index contributed by atoms with van der Waals surface area (Å²) in [6.45, 7) is 9.58. The summed E-state index contributed by atoms with van der Waals surface area (Å²) in [4.78, 5) is 40.7. The fourth-order valence-electron chi connectivity index (χ4n) is 3.88. The first-order chi connectivity index (χ1) is 12.2. The summed E-state index contributed by atoms with van der Waals surface area (Å²) in [5.41, 5.74) is -0.399. The van der Waals surface area contributed by atoms with Gasteiger partial charge in [0.05, 0.1) is 5.92 Å². The molecule has 2 aliphatic rings. The van der Waals surface area contributed by atoms with Crippen LogP contribution in [0.3, 0.4) is 0 Å². The van der Waals surface area contributed by atoms with Crippen LogP contribution in [-0.4, -0.2) is 59.9 Å². The van der Waals surface area contributed by atoms with Crippen molar-refractivity contribution in [1.82, 2.24) is 9.80 Å². The van der Waals surface area contributed by atoms with E-state index in [0.29, 0.717) is 25.9 Å². The number of nitrogens with zero attached hydrogens (tertiary/aromatic N) is 2. The number of piperidine rings is 2. The van der Waals surface area contributed by atoms with Gasteiger partial charge in [0.25, 0.3) is 5.91 Å². The van der Waals surface area contributed by atoms with E-state index in [1.165, 1.54) is 0 Å². The second kappa shape index (κ2) is 8.87. The fourth-order valence-corrected chi connectivity index (χ4v) is 3.88. The number of likely N-dealkylation sites (tertiary alicyclic amines) is 2. The summed E-state index contributed by atoms with van der Waals surface area (Å²) >= 11 is 0. The summed E-state index contributed by atoms with van der Waals surface area (Å²) in [6.07, 6.45) is 5.38. The van der Waals surface area contributed by atoms with Crippen LogP contribution in [0.2, 0.25) is 0 Å². The van der Waals surface area contributed by atoms with Gasteiger partial charge in [0.15, 0.2) is 6.61 Å². The third-order valence-corrected chi connectivity index (χ3v) is 5.51. The summed E-state index contributed by atoms with van der Waals surface area (Å²) < 4.78 is 5.32. The molecule has 6 heteroatoms. The molecule has 2 fully saturated rings. The van der Waals surface area contributed by atoms with Crippen LogP contribution in [0.1, 0.15) is 66.2 Å². The number of esters is 1. The van der Waals surface area contributed by atoms with Crippen molar-refractivity contribution in [1.29, 1.82) is 0 Å². The lowest BCUT2D eigenvalue weighted by Crippen LogP contribution is -2.46. The maximum atomic E-state index is 12.4. The van der Waals surface area contributed by atoms with Gasteiger partial charge in [-0.2, -0.15) is 0 Å². The second-order valence-electron chi connectivity index (χ2n) is 8.57. The van der Waals surface area contributed by atoms with Crippen LogP contribution in [0, 0.1) is 11.3 Å². The molecule has 0 aliphatic carbocycles. The predicted molar refractivity (Wildman–Crippen MR) is 99.4 cm³/mol. The minimum absolute atomic E-state index is 0.0785. The zero-order valence-electron chi connectivity index (χ0n) is 16.8. The monoisotopic (exact) mass is 366 g/mol. The fraction of sp³-hybridized carbons (Fsp3) is 0.850. The van der Waals surface area contributed by atoms with Crippen LogP contribution < -0.4 is 0 Å². The van der Waals surface area contributed by atoms with Gasteiger partial charge in [-0.05, 0) is 38.5 Å². The Bertz CT molecular complexity index is 518. The Labute approximate surface area is 157 Å². The molecule has 2 rings (SSSR count). The summed E-state index contributed by atoms with van der Waals surface area (Å²) in [6, 6.07) is 0.279. The minimum atomic E-state index is -0.399. The van der Waals surface area contributed by atoms with E-state index in [1.54, 1.807) is 0 Å². The van der Waals surface area contributed by atoms with Gasteiger partial charge in [-0.15, -0.1) is 0 Å². The van der Waals surface area contributed by atoms with E-state index >= 15 is 0 Å². The number of carbonyl (C=O) groups excluding carboxylic acids is 3. The largest absolute Gasteiger partial charge is 0.455 e. The van der Waals surface area contributed by atoms with Crippen LogP contribution in [-0.2, 0) is 19.1 Å². The van der Waals surface area contributed by atoms with Gasteiger partial charge in [0.1, 0.15) is 0 Å². The maximum Gasteiger partial charge on any atom is 0.309 e. The highest BCUT2D eigenvalue weighted by atomic mass is 16.5. The molecule has 0 N–H and O–H groups in total. The molecule has 0 aromatic rings. The van der Waals surface area contributed by atoms with Crippen LogP contribution >= 0.6 is 0 Å². The van der Waals surface area contributed by atoms with E-state index in [-0.39, 0.29) is 36.4 Å². The van der Waals surface area contributed by atoms with E-state index in [4.69, 9.17) is 4.74 Å². The van der Waals surface area contributed by atoms with Crippen molar-refractivity contribution >= 4 is 17.8 Å². The van der Waals surface area contributed by atoms with Crippen molar-refractivity contribution in [3.63, 3.8) is 0 Å². The van der Waals surface area contributed by atoms with Crippen molar-refractivity contribution in [2.75, 3.05) is 26.2 Å². The van der Waals surface area contributed by atoms with E-state index in [2.05, 4.69) is 6.92 Å². The molecule has 0 aromatic heterocycles. The molecule has 0 aromatic carbocycles. The smallest absolute Gasteiger partial charge is 0.309 e. The van der Waals surface area contributed by atoms with Gasteiger partial charge in [-0.25, -0.2) is 0 Å². The van der Waals surface area contributed by atoms with Crippen LogP contribution in [0.5, 0.6) is 0 Å². The lowest BCUT2D eigenvalue weighted by Gasteiger charge is -2.36. The normalized spacial score (nSPS) is 22.2. The Balaban J connectivity index is 1.77. The molecule has 2 heterocycles. The number of ether oxygens (including phenoxy) is 1. The molecule has 0 spiro atoms. The third kappa shape index (κ3) is 5.21. The quantitative estimate of drug-likeness (QED) is 0.717. The second-order valence-corrected chi connectivity index (χ2v) is 8.57.